The van der Waals surface area contributed by atoms with Crippen LogP contribution in [0.4, 0.5) is 0 Å². The summed E-state index contributed by atoms with van der Waals surface area (Å²) in [5.74, 6) is 0.959. The summed E-state index contributed by atoms with van der Waals surface area (Å²) in [7, 11) is 0. The summed E-state index contributed by atoms with van der Waals surface area (Å²) in [5.41, 5.74) is 0. The number of nitrogens with zero attached hydrogens (tertiary/aromatic N) is 1. The molecule has 0 saturated carbocycles. The summed E-state index contributed by atoms with van der Waals surface area (Å²) >= 11 is 3.50. The smallest absolute Gasteiger partial charge is 0.133 e. The molecule has 0 aliphatic carbocycles. The highest BCUT2D eigenvalue weighted by Gasteiger charge is 2.22. The normalized spacial score (nSPS) is 21.9. The molecule has 1 aliphatic heterocycles. The van der Waals surface area contributed by atoms with Gasteiger partial charge in [-0.05, 0) is 41.0 Å². The van der Waals surface area contributed by atoms with Gasteiger partial charge >= 0.3 is 0 Å². The predicted octanol–water partition coefficient (Wildman–Crippen LogP) is 2.92. The van der Waals surface area contributed by atoms with Crippen LogP contribution in [0.5, 0.6) is 5.75 Å². The van der Waals surface area contributed by atoms with Gasteiger partial charge in [0.25, 0.3) is 0 Å². The quantitative estimate of drug-likeness (QED) is 0.837. The fourth-order valence-corrected chi connectivity index (χ4v) is 2.28. The molecule has 0 aromatic heterocycles. The Morgan fingerprint density at radius 1 is 1.47 bits per heavy atom. The SMILES string of the molecule is CCN1CCC(Oc2ccccc2Br)C1. The van der Waals surface area contributed by atoms with Crippen LogP contribution < -0.4 is 4.74 Å². The number of para-hydroxylation sites is 1. The number of hydrogen-bond donors (Lipinski definition) is 0. The molecule has 1 atom stereocenters. The van der Waals surface area contributed by atoms with Crippen molar-refractivity contribution in [2.24, 2.45) is 0 Å². The Morgan fingerprint density at radius 3 is 2.93 bits per heavy atom. The second kappa shape index (κ2) is 4.99. The van der Waals surface area contributed by atoms with Crippen LogP contribution in [-0.2, 0) is 0 Å². The third-order valence-electron chi connectivity index (χ3n) is 2.81. The maximum absolute atomic E-state index is 5.95. The molecule has 1 saturated heterocycles. The van der Waals surface area contributed by atoms with Crippen molar-refractivity contribution in [1.29, 1.82) is 0 Å². The van der Waals surface area contributed by atoms with Crippen LogP contribution >= 0.6 is 15.9 Å². The van der Waals surface area contributed by atoms with E-state index in [1.165, 1.54) is 0 Å². The Morgan fingerprint density at radius 2 is 2.27 bits per heavy atom. The highest BCUT2D eigenvalue weighted by molar-refractivity contribution is 9.10. The van der Waals surface area contributed by atoms with Gasteiger partial charge in [0, 0.05) is 13.1 Å². The fraction of sp³-hybridized carbons (Fsp3) is 0.500. The van der Waals surface area contributed by atoms with E-state index in [0.29, 0.717) is 6.10 Å². The molecule has 2 rings (SSSR count). The maximum Gasteiger partial charge on any atom is 0.133 e. The molecule has 1 aromatic carbocycles. The lowest BCUT2D eigenvalue weighted by molar-refractivity contribution is 0.201. The summed E-state index contributed by atoms with van der Waals surface area (Å²) in [5, 5.41) is 0. The molecule has 0 amide bonds. The fourth-order valence-electron chi connectivity index (χ4n) is 1.90. The van der Waals surface area contributed by atoms with Crippen LogP contribution in [0.3, 0.4) is 0 Å². The second-order valence-corrected chi connectivity index (χ2v) is 4.71. The lowest BCUT2D eigenvalue weighted by Gasteiger charge is -2.15. The van der Waals surface area contributed by atoms with Crippen molar-refractivity contribution < 1.29 is 4.74 Å². The first-order chi connectivity index (χ1) is 7.29. The summed E-state index contributed by atoms with van der Waals surface area (Å²) in [6.07, 6.45) is 1.48. The van der Waals surface area contributed by atoms with Gasteiger partial charge in [0.1, 0.15) is 11.9 Å². The zero-order valence-electron chi connectivity index (χ0n) is 8.95. The largest absolute Gasteiger partial charge is 0.488 e. The van der Waals surface area contributed by atoms with Gasteiger partial charge in [-0.25, -0.2) is 0 Å². The molecule has 1 fully saturated rings. The topological polar surface area (TPSA) is 12.5 Å². The molecule has 1 unspecified atom stereocenters. The Labute approximate surface area is 99.4 Å². The van der Waals surface area contributed by atoms with E-state index in [1.54, 1.807) is 0 Å². The zero-order chi connectivity index (χ0) is 10.7. The number of halogens is 1. The maximum atomic E-state index is 5.95. The number of likely N-dealkylation sites (tertiary alicyclic amines) is 1. The number of rotatable bonds is 3. The van der Waals surface area contributed by atoms with Crippen molar-refractivity contribution in [3.05, 3.63) is 28.7 Å². The third kappa shape index (κ3) is 2.73. The van der Waals surface area contributed by atoms with Crippen molar-refractivity contribution >= 4 is 15.9 Å². The molecule has 0 spiro atoms. The molecule has 3 heteroatoms. The van der Waals surface area contributed by atoms with Crippen LogP contribution in [0.15, 0.2) is 28.7 Å². The molecule has 2 nitrogen and oxygen atoms in total. The van der Waals surface area contributed by atoms with E-state index in [1.807, 2.05) is 24.3 Å². The van der Waals surface area contributed by atoms with E-state index in [2.05, 4.69) is 27.8 Å². The lowest BCUT2D eigenvalue weighted by atomic mass is 10.3. The minimum atomic E-state index is 0.351. The predicted molar refractivity (Wildman–Crippen MR) is 65.3 cm³/mol. The van der Waals surface area contributed by atoms with Gasteiger partial charge in [-0.2, -0.15) is 0 Å². The van der Waals surface area contributed by atoms with Crippen LogP contribution in [0, 0.1) is 0 Å². The molecular weight excluding hydrogens is 254 g/mol. The van der Waals surface area contributed by atoms with E-state index in [0.717, 1.165) is 36.3 Å². The van der Waals surface area contributed by atoms with Crippen molar-refractivity contribution in [3.8, 4) is 5.75 Å². The van der Waals surface area contributed by atoms with E-state index in [4.69, 9.17) is 4.74 Å². The van der Waals surface area contributed by atoms with Crippen molar-refractivity contribution in [3.63, 3.8) is 0 Å². The summed E-state index contributed by atoms with van der Waals surface area (Å²) in [6, 6.07) is 8.04. The van der Waals surface area contributed by atoms with Crippen molar-refractivity contribution in [2.45, 2.75) is 19.4 Å². The average Bonchev–Trinajstić information content (AvgIpc) is 2.69. The van der Waals surface area contributed by atoms with Gasteiger partial charge in [-0.1, -0.05) is 19.1 Å². The van der Waals surface area contributed by atoms with Gasteiger partial charge in [-0.3, -0.25) is 4.90 Å². The molecule has 1 aliphatic rings. The van der Waals surface area contributed by atoms with Crippen LogP contribution in [0.1, 0.15) is 13.3 Å². The van der Waals surface area contributed by atoms with E-state index >= 15 is 0 Å². The Kier molecular flexibility index (Phi) is 3.65. The molecule has 1 aromatic rings. The Balaban J connectivity index is 1.96. The van der Waals surface area contributed by atoms with E-state index in [-0.39, 0.29) is 0 Å². The van der Waals surface area contributed by atoms with Crippen molar-refractivity contribution in [2.75, 3.05) is 19.6 Å². The molecule has 82 valence electrons. The van der Waals surface area contributed by atoms with Gasteiger partial charge in [-0.15, -0.1) is 0 Å². The molecule has 0 radical (unpaired) electrons. The first-order valence-corrected chi connectivity index (χ1v) is 6.22. The van der Waals surface area contributed by atoms with Gasteiger partial charge in [0.2, 0.25) is 0 Å². The van der Waals surface area contributed by atoms with Gasteiger partial charge in [0.05, 0.1) is 4.47 Å². The van der Waals surface area contributed by atoms with Gasteiger partial charge < -0.3 is 4.74 Å². The summed E-state index contributed by atoms with van der Waals surface area (Å²) in [4.78, 5) is 2.42. The number of hydrogen-bond acceptors (Lipinski definition) is 2. The molecule has 15 heavy (non-hydrogen) atoms. The van der Waals surface area contributed by atoms with Crippen molar-refractivity contribution in [1.82, 2.24) is 4.90 Å². The second-order valence-electron chi connectivity index (χ2n) is 3.85. The number of benzene rings is 1. The van der Waals surface area contributed by atoms with Crippen LogP contribution in [-0.4, -0.2) is 30.6 Å². The first kappa shape index (κ1) is 11.0. The standard InChI is InChI=1S/C12H16BrNO/c1-2-14-8-7-10(9-14)15-12-6-4-3-5-11(12)13/h3-6,10H,2,7-9H2,1H3. The molecule has 1 heterocycles. The Hall–Kier alpha value is -0.540. The third-order valence-corrected chi connectivity index (χ3v) is 3.46. The minimum Gasteiger partial charge on any atom is -0.488 e. The van der Waals surface area contributed by atoms with Crippen LogP contribution in [0.25, 0.3) is 0 Å². The molecular formula is C12H16BrNO. The van der Waals surface area contributed by atoms with E-state index < -0.39 is 0 Å². The average molecular weight is 270 g/mol. The monoisotopic (exact) mass is 269 g/mol. The molecule has 0 N–H and O–H groups in total. The zero-order valence-corrected chi connectivity index (χ0v) is 10.5. The molecule has 0 bridgehead atoms. The Bertz CT molecular complexity index is 329. The van der Waals surface area contributed by atoms with Gasteiger partial charge in [0.15, 0.2) is 0 Å². The highest BCUT2D eigenvalue weighted by Crippen LogP contribution is 2.26. The number of ether oxygens (including phenoxy) is 1. The number of likely N-dealkylation sites (N-methyl/N-ethyl adjacent to an activating group) is 1. The highest BCUT2D eigenvalue weighted by atomic mass is 79.9. The first-order valence-electron chi connectivity index (χ1n) is 5.43. The van der Waals surface area contributed by atoms with E-state index in [9.17, 15) is 0 Å². The summed E-state index contributed by atoms with van der Waals surface area (Å²) in [6.45, 7) is 5.53. The minimum absolute atomic E-state index is 0.351. The lowest BCUT2D eigenvalue weighted by Crippen LogP contribution is -2.24. The summed E-state index contributed by atoms with van der Waals surface area (Å²) < 4.78 is 6.99. The van der Waals surface area contributed by atoms with Crippen LogP contribution in [0.2, 0.25) is 0 Å².